The largest absolute Gasteiger partial charge is 0.748 e. The molecule has 5 unspecified atom stereocenters. The van der Waals surface area contributed by atoms with Gasteiger partial charge in [-0.05, 0) is 140 Å². The summed E-state index contributed by atoms with van der Waals surface area (Å²) in [7, 11) is -8.35. The van der Waals surface area contributed by atoms with Gasteiger partial charge in [0.15, 0.2) is 24.8 Å². The quantitative estimate of drug-likeness (QED) is 0.0213. The number of unbranched alkanes of at least 4 members (excludes halogenated alkanes) is 1. The molecule has 0 aliphatic heterocycles. The van der Waals surface area contributed by atoms with Gasteiger partial charge in [-0.25, -0.2) is 26.0 Å². The van der Waals surface area contributed by atoms with E-state index < -0.39 is 25.7 Å². The van der Waals surface area contributed by atoms with Gasteiger partial charge in [-0.2, -0.15) is 0 Å². The van der Waals surface area contributed by atoms with Crippen LogP contribution in [0.3, 0.4) is 0 Å². The van der Waals surface area contributed by atoms with Gasteiger partial charge in [-0.1, -0.05) is 64.4 Å². The van der Waals surface area contributed by atoms with Crippen molar-refractivity contribution in [3.05, 3.63) is 156 Å². The van der Waals surface area contributed by atoms with Crippen LogP contribution in [-0.2, 0) is 42.9 Å². The second-order valence-electron chi connectivity index (χ2n) is 18.7. The minimum atomic E-state index is -4.19. The summed E-state index contributed by atoms with van der Waals surface area (Å²) in [4.78, 5) is 21.2. The first-order chi connectivity index (χ1) is 32.4. The van der Waals surface area contributed by atoms with E-state index in [1.165, 1.54) is 22.3 Å². The molecule has 0 bridgehead atoms. The fourth-order valence-electron chi connectivity index (χ4n) is 8.92. The van der Waals surface area contributed by atoms with Gasteiger partial charge in [0, 0.05) is 73.4 Å². The molecule has 14 heteroatoms. The molecule has 4 heterocycles. The Morgan fingerprint density at radius 2 is 1.01 bits per heavy atom. The topological polar surface area (TPSA) is 174 Å². The fraction of sp³-hybridized carbons (Fsp3) is 0.500. The molecule has 370 valence electrons. The van der Waals surface area contributed by atoms with Crippen LogP contribution >= 0.6 is 0 Å². The first-order valence-electron chi connectivity index (χ1n) is 24.3. The molecule has 12 nitrogen and oxygen atoms in total. The summed E-state index contributed by atoms with van der Waals surface area (Å²) < 4.78 is 74.4. The number of benzene rings is 1. The van der Waals surface area contributed by atoms with Crippen LogP contribution in [0.5, 0.6) is 0 Å². The highest BCUT2D eigenvalue weighted by atomic mass is 32.2. The Kier molecular flexibility index (Phi) is 22.9. The van der Waals surface area contributed by atoms with Crippen LogP contribution in [-0.4, -0.2) is 60.0 Å². The number of aromatic nitrogens is 4. The van der Waals surface area contributed by atoms with Crippen LogP contribution in [0.15, 0.2) is 128 Å². The number of aryl methyl sites for hydroxylation is 2. The Balaban J connectivity index is 0.000000297. The maximum Gasteiger partial charge on any atom is 0.311 e. The van der Waals surface area contributed by atoms with Crippen LogP contribution in [0.4, 0.5) is 0 Å². The number of hydrogen-bond acceptors (Lipinski definition) is 10. The maximum absolute atomic E-state index is 12.8. The molecule has 0 aliphatic carbocycles. The molecule has 0 N–H and O–H groups in total. The van der Waals surface area contributed by atoms with Crippen molar-refractivity contribution in [2.45, 2.75) is 148 Å². The van der Waals surface area contributed by atoms with Crippen molar-refractivity contribution in [1.82, 2.24) is 9.97 Å². The van der Waals surface area contributed by atoms with E-state index in [-0.39, 0.29) is 29.3 Å². The Morgan fingerprint density at radius 1 is 0.588 bits per heavy atom. The fourth-order valence-corrected chi connectivity index (χ4v) is 9.88. The standard InChI is InChI=1S/C27H40N2O5S.C27H34N2O3S/c1-5-7-18-34-26(30)27(3,4)21-25(23-9-13-28-14-10-23)20-22(6-2)24-11-16-29(17-12-24)15-8-19-35(31,32)33;1-3-23(26-12-17-29(18-13-26)16-7-19-33(30,31)32)21-27(25-10-14-28-15-11-25)20-22(2)24-8-5-4-6-9-24/h9-14,16-17,22,25H,5-8,15,18-21H2,1-4H3;4-6,8-15,17-18,22-23,27H,3,7,16,19-21H2,1-2H3. The Labute approximate surface area is 407 Å². The van der Waals surface area contributed by atoms with Crippen molar-refractivity contribution in [3.8, 4) is 0 Å². The van der Waals surface area contributed by atoms with Crippen LogP contribution in [0.2, 0.25) is 0 Å². The van der Waals surface area contributed by atoms with Gasteiger partial charge < -0.3 is 13.8 Å². The van der Waals surface area contributed by atoms with Crippen molar-refractivity contribution < 1.29 is 44.6 Å². The third-order valence-corrected chi connectivity index (χ3v) is 14.5. The van der Waals surface area contributed by atoms with Crippen molar-refractivity contribution in [2.75, 3.05) is 18.1 Å². The molecular weight excluding hydrogens is 897 g/mol. The normalized spacial score (nSPS) is 14.2. The molecule has 1 aromatic carbocycles. The third kappa shape index (κ3) is 20.0. The van der Waals surface area contributed by atoms with Crippen LogP contribution in [0.25, 0.3) is 0 Å². The van der Waals surface area contributed by atoms with E-state index in [0.29, 0.717) is 56.7 Å². The first-order valence-corrected chi connectivity index (χ1v) is 27.4. The van der Waals surface area contributed by atoms with Gasteiger partial charge in [-0.3, -0.25) is 14.8 Å². The number of esters is 1. The van der Waals surface area contributed by atoms with E-state index in [9.17, 15) is 30.7 Å². The summed E-state index contributed by atoms with van der Waals surface area (Å²) in [5, 5.41) is 0. The molecule has 0 radical (unpaired) electrons. The van der Waals surface area contributed by atoms with Gasteiger partial charge in [0.25, 0.3) is 0 Å². The number of nitrogens with zero attached hydrogens (tertiary/aromatic N) is 4. The summed E-state index contributed by atoms with van der Waals surface area (Å²) in [6.45, 7) is 14.2. The lowest BCUT2D eigenvalue weighted by Gasteiger charge is -2.30. The summed E-state index contributed by atoms with van der Waals surface area (Å²) in [6, 6.07) is 27.4. The smallest absolute Gasteiger partial charge is 0.311 e. The molecular formula is C54H74N4O8S2. The zero-order valence-electron chi connectivity index (χ0n) is 41.0. The van der Waals surface area contributed by atoms with Gasteiger partial charge in [0.2, 0.25) is 0 Å². The van der Waals surface area contributed by atoms with E-state index in [1.807, 2.05) is 72.3 Å². The lowest BCUT2D eigenvalue weighted by Crippen LogP contribution is -2.33. The van der Waals surface area contributed by atoms with E-state index >= 15 is 0 Å². The summed E-state index contributed by atoms with van der Waals surface area (Å²) in [5.74, 6) is 0.903. The van der Waals surface area contributed by atoms with Crippen LogP contribution in [0, 0.1) is 5.41 Å². The van der Waals surface area contributed by atoms with Crippen molar-refractivity contribution in [1.29, 1.82) is 0 Å². The molecule has 5 rings (SSSR count). The lowest BCUT2D eigenvalue weighted by molar-refractivity contribution is -0.697. The second-order valence-corrected chi connectivity index (χ2v) is 21.8. The van der Waals surface area contributed by atoms with Crippen LogP contribution in [0.1, 0.15) is 163 Å². The number of ether oxygens (including phenoxy) is 1. The molecule has 0 spiro atoms. The highest BCUT2D eigenvalue weighted by Crippen LogP contribution is 2.41. The number of pyridine rings is 4. The molecule has 0 amide bonds. The number of carbonyl (C=O) groups is 1. The Morgan fingerprint density at radius 3 is 1.44 bits per heavy atom. The monoisotopic (exact) mass is 970 g/mol. The van der Waals surface area contributed by atoms with E-state index in [1.54, 1.807) is 12.4 Å². The molecule has 0 fully saturated rings. The molecule has 68 heavy (non-hydrogen) atoms. The number of carbonyl (C=O) groups excluding carboxylic acids is 1. The third-order valence-electron chi connectivity index (χ3n) is 12.9. The van der Waals surface area contributed by atoms with Crippen LogP contribution < -0.4 is 9.13 Å². The van der Waals surface area contributed by atoms with E-state index in [0.717, 1.165) is 50.5 Å². The predicted octanol–water partition coefficient (Wildman–Crippen LogP) is 9.90. The predicted molar refractivity (Wildman–Crippen MR) is 265 cm³/mol. The van der Waals surface area contributed by atoms with Gasteiger partial charge >= 0.3 is 5.97 Å². The second kappa shape index (κ2) is 27.9. The Hall–Kier alpha value is -4.89. The molecule has 0 saturated carbocycles. The molecule has 4 aromatic heterocycles. The van der Waals surface area contributed by atoms with Crippen molar-refractivity contribution in [2.24, 2.45) is 5.41 Å². The van der Waals surface area contributed by atoms with Gasteiger partial charge in [0.1, 0.15) is 13.1 Å². The minimum absolute atomic E-state index is 0.154. The average molecular weight is 971 g/mol. The zero-order valence-corrected chi connectivity index (χ0v) is 42.6. The highest BCUT2D eigenvalue weighted by molar-refractivity contribution is 7.85. The van der Waals surface area contributed by atoms with Gasteiger partial charge in [0.05, 0.1) is 32.3 Å². The minimum Gasteiger partial charge on any atom is -0.748 e. The molecule has 0 aliphatic rings. The number of rotatable bonds is 27. The first kappa shape index (κ1) is 55.7. The maximum atomic E-state index is 12.8. The van der Waals surface area contributed by atoms with Crippen molar-refractivity contribution in [3.63, 3.8) is 0 Å². The number of hydrogen-bond donors (Lipinski definition) is 0. The van der Waals surface area contributed by atoms with Crippen molar-refractivity contribution >= 4 is 26.2 Å². The lowest BCUT2D eigenvalue weighted by atomic mass is 9.75. The molecule has 0 saturated heterocycles. The summed E-state index contributed by atoms with van der Waals surface area (Å²) >= 11 is 0. The van der Waals surface area contributed by atoms with E-state index in [2.05, 4.69) is 104 Å². The highest BCUT2D eigenvalue weighted by Gasteiger charge is 2.34. The average Bonchev–Trinajstić information content (AvgIpc) is 3.32. The summed E-state index contributed by atoms with van der Waals surface area (Å²) in [5.41, 5.74) is 5.74. The van der Waals surface area contributed by atoms with Gasteiger partial charge in [-0.15, -0.1) is 0 Å². The molecule has 5 aromatic rings. The molecule has 5 atom stereocenters. The van der Waals surface area contributed by atoms with E-state index in [4.69, 9.17) is 4.74 Å². The zero-order chi connectivity index (χ0) is 49.6. The Bertz CT molecular complexity index is 2420. The SMILES string of the molecule is CCC(CC(CC(C)c1ccccc1)c1ccncc1)c1cc[n+](CCCS(=O)(=O)[O-])cc1.CCCCOC(=O)C(C)(C)CC(CC(CC)c1cc[n+](CCCS(=O)(=O)[O-])cc1)c1ccncc1. The summed E-state index contributed by atoms with van der Waals surface area (Å²) in [6.07, 6.45) is 23.3.